The van der Waals surface area contributed by atoms with Crippen molar-refractivity contribution in [1.82, 2.24) is 4.90 Å². The highest BCUT2D eigenvalue weighted by atomic mass is 32.2. The maximum Gasteiger partial charge on any atom is 0.00729 e. The molecular weight excluding hydrogens is 346 g/mol. The van der Waals surface area contributed by atoms with Crippen LogP contribution in [0.1, 0.15) is 34.6 Å². The van der Waals surface area contributed by atoms with Gasteiger partial charge in [0.2, 0.25) is 0 Å². The van der Waals surface area contributed by atoms with E-state index in [4.69, 9.17) is 0 Å². The van der Waals surface area contributed by atoms with Crippen molar-refractivity contribution in [3.05, 3.63) is 0 Å². The van der Waals surface area contributed by atoms with Gasteiger partial charge in [-0.3, -0.25) is 0 Å². The summed E-state index contributed by atoms with van der Waals surface area (Å²) in [5, 5.41) is 0. The average Bonchev–Trinajstić information content (AvgIpc) is 2.44. The molecule has 0 aliphatic carbocycles. The first-order valence-electron chi connectivity index (χ1n) is 8.53. The third kappa shape index (κ3) is 17.7. The zero-order valence-electron chi connectivity index (χ0n) is 15.4. The van der Waals surface area contributed by atoms with Gasteiger partial charge in [-0.25, -0.2) is 0 Å². The molecule has 0 bridgehead atoms. The van der Waals surface area contributed by atoms with Gasteiger partial charge in [-0.15, -0.1) is 0 Å². The molecule has 0 atom stereocenters. The largest absolute Gasteiger partial charge is 0.301 e. The Morgan fingerprint density at radius 1 is 0.636 bits per heavy atom. The van der Waals surface area contributed by atoms with E-state index < -0.39 is 0 Å². The maximum atomic E-state index is 2.68. The lowest BCUT2D eigenvalue weighted by Gasteiger charge is -2.29. The Hall–Kier alpha value is 1.36. The Labute approximate surface area is 157 Å². The number of hydrogen-bond donors (Lipinski definition) is 0. The summed E-state index contributed by atoms with van der Waals surface area (Å²) in [4.78, 5) is 2.68. The van der Waals surface area contributed by atoms with E-state index in [0.29, 0.717) is 5.41 Å². The normalized spacial score (nSPS) is 12.3. The Morgan fingerprint density at radius 2 is 1.05 bits per heavy atom. The summed E-state index contributed by atoms with van der Waals surface area (Å²) in [5.74, 6) is 10.3. The van der Waals surface area contributed by atoms with Crippen molar-refractivity contribution >= 4 is 47.0 Å². The van der Waals surface area contributed by atoms with Crippen LogP contribution in [0.2, 0.25) is 0 Å². The quantitative estimate of drug-likeness (QED) is 0.352. The highest BCUT2D eigenvalue weighted by Gasteiger charge is 2.15. The zero-order valence-corrected chi connectivity index (χ0v) is 18.6. The van der Waals surface area contributed by atoms with Gasteiger partial charge in [0.25, 0.3) is 0 Å². The van der Waals surface area contributed by atoms with Crippen LogP contribution in [0.15, 0.2) is 0 Å². The Kier molecular flexibility index (Phi) is 16.8. The van der Waals surface area contributed by atoms with Crippen molar-refractivity contribution in [2.24, 2.45) is 5.41 Å². The topological polar surface area (TPSA) is 3.24 Å². The SMILES string of the molecule is CCSCCSCCN(CCSCCSCC)CC(C)(C)C. The van der Waals surface area contributed by atoms with Crippen LogP contribution < -0.4 is 0 Å². The van der Waals surface area contributed by atoms with Crippen LogP contribution in [0.5, 0.6) is 0 Å². The summed E-state index contributed by atoms with van der Waals surface area (Å²) in [6.45, 7) is 15.3. The van der Waals surface area contributed by atoms with Gasteiger partial charge in [0.15, 0.2) is 0 Å². The van der Waals surface area contributed by atoms with Gasteiger partial charge in [0.05, 0.1) is 0 Å². The smallest absolute Gasteiger partial charge is 0.00729 e. The Morgan fingerprint density at radius 3 is 1.41 bits per heavy atom. The number of nitrogens with zero attached hydrogens (tertiary/aromatic N) is 1. The molecule has 0 amide bonds. The molecule has 0 N–H and O–H groups in total. The van der Waals surface area contributed by atoms with Gasteiger partial charge in [0, 0.05) is 54.2 Å². The molecule has 0 aromatic carbocycles. The zero-order chi connectivity index (χ0) is 16.7. The second-order valence-corrected chi connectivity index (χ2v) is 11.7. The molecule has 0 aliphatic rings. The van der Waals surface area contributed by atoms with E-state index in [1.54, 1.807) is 0 Å². The second-order valence-electron chi connectivity index (χ2n) is 6.46. The van der Waals surface area contributed by atoms with Crippen LogP contribution >= 0.6 is 47.0 Å². The minimum Gasteiger partial charge on any atom is -0.301 e. The third-order valence-corrected chi connectivity index (χ3v) is 7.20. The number of hydrogen-bond acceptors (Lipinski definition) is 5. The molecule has 1 nitrogen and oxygen atoms in total. The molecular formula is C17H37NS4. The average molecular weight is 384 g/mol. The standard InChI is InChI=1S/C17H37NS4/c1-6-19-12-14-21-10-8-18(16-17(3,4)5)9-11-22-15-13-20-7-2/h6-16H2,1-5H3. The van der Waals surface area contributed by atoms with Gasteiger partial charge >= 0.3 is 0 Å². The van der Waals surface area contributed by atoms with Gasteiger partial charge in [0.1, 0.15) is 0 Å². The lowest BCUT2D eigenvalue weighted by molar-refractivity contribution is 0.211. The molecule has 0 radical (unpaired) electrons. The van der Waals surface area contributed by atoms with E-state index in [9.17, 15) is 0 Å². The third-order valence-electron chi connectivity index (χ3n) is 2.95. The fourth-order valence-electron chi connectivity index (χ4n) is 2.06. The molecule has 22 heavy (non-hydrogen) atoms. The van der Waals surface area contributed by atoms with E-state index in [-0.39, 0.29) is 0 Å². The summed E-state index contributed by atoms with van der Waals surface area (Å²) in [5.41, 5.74) is 0.408. The molecule has 0 rings (SSSR count). The van der Waals surface area contributed by atoms with E-state index in [0.717, 1.165) is 0 Å². The molecule has 0 aromatic heterocycles. The van der Waals surface area contributed by atoms with Crippen molar-refractivity contribution in [2.45, 2.75) is 34.6 Å². The Balaban J connectivity index is 3.80. The van der Waals surface area contributed by atoms with Gasteiger partial charge < -0.3 is 4.90 Å². The van der Waals surface area contributed by atoms with Crippen LogP contribution in [0, 0.1) is 5.41 Å². The molecule has 0 saturated heterocycles. The molecule has 134 valence electrons. The lowest BCUT2D eigenvalue weighted by Crippen LogP contribution is -2.36. The van der Waals surface area contributed by atoms with Crippen LogP contribution in [-0.4, -0.2) is 70.6 Å². The van der Waals surface area contributed by atoms with Crippen LogP contribution in [0.25, 0.3) is 0 Å². The minimum atomic E-state index is 0.408. The van der Waals surface area contributed by atoms with Crippen molar-refractivity contribution in [2.75, 3.05) is 65.7 Å². The Bertz CT molecular complexity index is 215. The van der Waals surface area contributed by atoms with Crippen molar-refractivity contribution in [3.63, 3.8) is 0 Å². The first-order chi connectivity index (χ1) is 10.5. The summed E-state index contributed by atoms with van der Waals surface area (Å²) < 4.78 is 0. The number of rotatable bonds is 15. The first kappa shape index (κ1) is 23.4. The summed E-state index contributed by atoms with van der Waals surface area (Å²) >= 11 is 8.37. The van der Waals surface area contributed by atoms with Crippen molar-refractivity contribution in [1.29, 1.82) is 0 Å². The highest BCUT2D eigenvalue weighted by molar-refractivity contribution is 8.03. The summed E-state index contributed by atoms with van der Waals surface area (Å²) in [7, 11) is 0. The minimum absolute atomic E-state index is 0.408. The summed E-state index contributed by atoms with van der Waals surface area (Å²) in [6, 6.07) is 0. The predicted octanol–water partition coefficient (Wildman–Crippen LogP) is 5.31. The molecule has 0 heterocycles. The van der Waals surface area contributed by atoms with E-state index in [1.165, 1.54) is 65.7 Å². The van der Waals surface area contributed by atoms with Gasteiger partial charge in [-0.1, -0.05) is 34.6 Å². The summed E-state index contributed by atoms with van der Waals surface area (Å²) in [6.07, 6.45) is 0. The van der Waals surface area contributed by atoms with Crippen molar-refractivity contribution in [3.8, 4) is 0 Å². The van der Waals surface area contributed by atoms with E-state index >= 15 is 0 Å². The molecule has 0 fully saturated rings. The molecule has 0 aliphatic heterocycles. The van der Waals surface area contributed by atoms with Gasteiger partial charge in [-0.2, -0.15) is 47.0 Å². The van der Waals surface area contributed by atoms with Crippen LogP contribution in [0.3, 0.4) is 0 Å². The fourth-order valence-corrected chi connectivity index (χ4v) is 5.70. The molecule has 0 spiro atoms. The molecule has 5 heteroatoms. The second kappa shape index (κ2) is 15.9. The van der Waals surface area contributed by atoms with Crippen LogP contribution in [-0.2, 0) is 0 Å². The molecule has 0 unspecified atom stereocenters. The predicted molar refractivity (Wildman–Crippen MR) is 117 cm³/mol. The van der Waals surface area contributed by atoms with Crippen molar-refractivity contribution < 1.29 is 0 Å². The fraction of sp³-hybridized carbons (Fsp3) is 1.00. The molecule has 0 aromatic rings. The highest BCUT2D eigenvalue weighted by Crippen LogP contribution is 2.17. The molecule has 0 saturated carbocycles. The number of thioether (sulfide) groups is 4. The van der Waals surface area contributed by atoms with Gasteiger partial charge in [-0.05, 0) is 16.9 Å². The maximum absolute atomic E-state index is 2.68. The van der Waals surface area contributed by atoms with E-state index in [2.05, 4.69) is 86.6 Å². The van der Waals surface area contributed by atoms with E-state index in [1.807, 2.05) is 0 Å². The van der Waals surface area contributed by atoms with Crippen LogP contribution in [0.4, 0.5) is 0 Å². The first-order valence-corrected chi connectivity index (χ1v) is 13.1. The monoisotopic (exact) mass is 383 g/mol. The lowest BCUT2D eigenvalue weighted by atomic mass is 9.96.